The highest BCUT2D eigenvalue weighted by atomic mass is 15.3. The number of aromatic nitrogens is 4. The highest BCUT2D eigenvalue weighted by Crippen LogP contribution is 2.18. The van der Waals surface area contributed by atoms with Gasteiger partial charge in [0, 0.05) is 11.8 Å². The number of hydrogen-bond acceptors (Lipinski definition) is 3. The molecule has 0 amide bonds. The Labute approximate surface area is 105 Å². The lowest BCUT2D eigenvalue weighted by molar-refractivity contribution is 0.806. The van der Waals surface area contributed by atoms with Gasteiger partial charge >= 0.3 is 0 Å². The molecule has 4 nitrogen and oxygen atoms in total. The van der Waals surface area contributed by atoms with Gasteiger partial charge in [-0.1, -0.05) is 30.3 Å². The number of hydrogen-bond donors (Lipinski definition) is 0. The van der Waals surface area contributed by atoms with Crippen molar-refractivity contribution in [3.05, 3.63) is 60.6 Å². The Morgan fingerprint density at radius 2 is 1.72 bits per heavy atom. The molecule has 2 heterocycles. The molecule has 3 rings (SSSR count). The molecular weight excluding hydrogens is 224 g/mol. The van der Waals surface area contributed by atoms with E-state index in [0.717, 1.165) is 22.6 Å². The third-order valence-corrected chi connectivity index (χ3v) is 2.71. The zero-order chi connectivity index (χ0) is 12.4. The van der Waals surface area contributed by atoms with Gasteiger partial charge in [0.2, 0.25) is 0 Å². The fraction of sp³-hybridized carbons (Fsp3) is 0.0714. The van der Waals surface area contributed by atoms with Crippen LogP contribution in [-0.2, 0) is 0 Å². The highest BCUT2D eigenvalue weighted by molar-refractivity contribution is 5.61. The van der Waals surface area contributed by atoms with Crippen LogP contribution in [0.5, 0.6) is 0 Å². The van der Waals surface area contributed by atoms with E-state index in [-0.39, 0.29) is 0 Å². The van der Waals surface area contributed by atoms with Crippen molar-refractivity contribution in [3.63, 3.8) is 0 Å². The van der Waals surface area contributed by atoms with E-state index in [1.165, 1.54) is 0 Å². The van der Waals surface area contributed by atoms with Crippen LogP contribution < -0.4 is 0 Å². The average molecular weight is 236 g/mol. The van der Waals surface area contributed by atoms with Gasteiger partial charge in [0.1, 0.15) is 0 Å². The zero-order valence-electron chi connectivity index (χ0n) is 9.99. The summed E-state index contributed by atoms with van der Waals surface area (Å²) in [5, 5.41) is 12.4. The molecule has 0 saturated heterocycles. The molecule has 0 fully saturated rings. The van der Waals surface area contributed by atoms with Crippen LogP contribution in [0.15, 0.2) is 54.9 Å². The van der Waals surface area contributed by atoms with E-state index in [2.05, 4.69) is 27.4 Å². The number of nitrogens with zero attached hydrogens (tertiary/aromatic N) is 4. The first-order valence-corrected chi connectivity index (χ1v) is 5.74. The van der Waals surface area contributed by atoms with Crippen LogP contribution in [0.2, 0.25) is 0 Å². The van der Waals surface area contributed by atoms with Gasteiger partial charge in [-0.25, -0.2) is 4.68 Å². The van der Waals surface area contributed by atoms with Crippen molar-refractivity contribution in [2.75, 3.05) is 0 Å². The predicted octanol–water partition coefficient (Wildman–Crippen LogP) is 2.64. The molecule has 4 heteroatoms. The molecule has 18 heavy (non-hydrogen) atoms. The molecule has 0 spiro atoms. The molecule has 0 saturated carbocycles. The Bertz CT molecular complexity index is 641. The molecule has 0 aliphatic rings. The van der Waals surface area contributed by atoms with Crippen molar-refractivity contribution in [1.82, 2.24) is 20.0 Å². The number of benzene rings is 1. The van der Waals surface area contributed by atoms with Crippen LogP contribution in [0.25, 0.3) is 16.9 Å². The van der Waals surface area contributed by atoms with E-state index in [4.69, 9.17) is 0 Å². The highest BCUT2D eigenvalue weighted by Gasteiger charge is 2.03. The summed E-state index contributed by atoms with van der Waals surface area (Å²) in [5.41, 5.74) is 3.11. The minimum absolute atomic E-state index is 0.725. The monoisotopic (exact) mass is 236 g/mol. The summed E-state index contributed by atoms with van der Waals surface area (Å²) in [4.78, 5) is 0. The largest absolute Gasteiger partial charge is 0.220 e. The Balaban J connectivity index is 1.97. The Kier molecular flexibility index (Phi) is 2.61. The molecule has 0 bridgehead atoms. The summed E-state index contributed by atoms with van der Waals surface area (Å²) in [7, 11) is 0. The first-order chi connectivity index (χ1) is 8.83. The lowest BCUT2D eigenvalue weighted by atomic mass is 10.1. The standard InChI is InChI=1S/C14H12N4/c1-11-7-8-14(17-16-11)18-10-13(9-15-18)12-5-3-2-4-6-12/h2-10H,1H3. The minimum Gasteiger partial charge on any atom is -0.220 e. The van der Waals surface area contributed by atoms with Gasteiger partial charge in [-0.15, -0.1) is 5.10 Å². The first-order valence-electron chi connectivity index (χ1n) is 5.74. The Hall–Kier alpha value is -2.49. The molecule has 3 aromatic rings. The normalized spacial score (nSPS) is 10.5. The summed E-state index contributed by atoms with van der Waals surface area (Å²) < 4.78 is 1.73. The van der Waals surface area contributed by atoms with Crippen molar-refractivity contribution >= 4 is 0 Å². The third kappa shape index (κ3) is 2.00. The fourth-order valence-electron chi connectivity index (χ4n) is 1.74. The van der Waals surface area contributed by atoms with Crippen molar-refractivity contribution in [2.24, 2.45) is 0 Å². The summed E-state index contributed by atoms with van der Waals surface area (Å²) >= 11 is 0. The molecule has 88 valence electrons. The topological polar surface area (TPSA) is 43.6 Å². The molecule has 0 aliphatic carbocycles. The zero-order valence-corrected chi connectivity index (χ0v) is 9.99. The van der Waals surface area contributed by atoms with Gasteiger partial charge < -0.3 is 0 Å². The molecule has 0 radical (unpaired) electrons. The smallest absolute Gasteiger partial charge is 0.175 e. The molecule has 0 N–H and O–H groups in total. The van der Waals surface area contributed by atoms with Crippen LogP contribution >= 0.6 is 0 Å². The van der Waals surface area contributed by atoms with Crippen molar-refractivity contribution in [3.8, 4) is 16.9 Å². The van der Waals surface area contributed by atoms with E-state index >= 15 is 0 Å². The molecule has 1 aromatic carbocycles. The van der Waals surface area contributed by atoms with Crippen molar-refractivity contribution in [1.29, 1.82) is 0 Å². The van der Waals surface area contributed by atoms with E-state index < -0.39 is 0 Å². The molecule has 2 aromatic heterocycles. The SMILES string of the molecule is Cc1ccc(-n2cc(-c3ccccc3)cn2)nn1. The second kappa shape index (κ2) is 4.41. The fourth-order valence-corrected chi connectivity index (χ4v) is 1.74. The second-order valence-corrected chi connectivity index (χ2v) is 4.07. The summed E-state index contributed by atoms with van der Waals surface area (Å²) in [6, 6.07) is 14.0. The minimum atomic E-state index is 0.725. The van der Waals surface area contributed by atoms with E-state index in [1.54, 1.807) is 4.68 Å². The number of rotatable bonds is 2. The molecule has 0 unspecified atom stereocenters. The van der Waals surface area contributed by atoms with E-state index in [0.29, 0.717) is 0 Å². The second-order valence-electron chi connectivity index (χ2n) is 4.07. The van der Waals surface area contributed by atoms with Gasteiger partial charge in [-0.05, 0) is 24.6 Å². The summed E-state index contributed by atoms with van der Waals surface area (Å²) in [6.45, 7) is 1.91. The summed E-state index contributed by atoms with van der Waals surface area (Å²) in [5.74, 6) is 0.725. The van der Waals surface area contributed by atoms with Crippen molar-refractivity contribution in [2.45, 2.75) is 6.92 Å². The van der Waals surface area contributed by atoms with Gasteiger partial charge in [-0.3, -0.25) is 0 Å². The van der Waals surface area contributed by atoms with Crippen LogP contribution in [0.4, 0.5) is 0 Å². The maximum Gasteiger partial charge on any atom is 0.175 e. The van der Waals surface area contributed by atoms with Gasteiger partial charge in [0.15, 0.2) is 5.82 Å². The van der Waals surface area contributed by atoms with Gasteiger partial charge in [0.05, 0.1) is 11.9 Å². The maximum atomic E-state index is 4.31. The third-order valence-electron chi connectivity index (χ3n) is 2.71. The van der Waals surface area contributed by atoms with Gasteiger partial charge in [-0.2, -0.15) is 10.2 Å². The van der Waals surface area contributed by atoms with Crippen LogP contribution in [0, 0.1) is 6.92 Å². The van der Waals surface area contributed by atoms with Crippen LogP contribution in [-0.4, -0.2) is 20.0 Å². The predicted molar refractivity (Wildman–Crippen MR) is 69.3 cm³/mol. The maximum absolute atomic E-state index is 4.31. The van der Waals surface area contributed by atoms with Crippen LogP contribution in [0.3, 0.4) is 0 Å². The Morgan fingerprint density at radius 3 is 2.44 bits per heavy atom. The lowest BCUT2D eigenvalue weighted by Crippen LogP contribution is -1.99. The number of aryl methyl sites for hydroxylation is 1. The Morgan fingerprint density at radius 1 is 0.889 bits per heavy atom. The van der Waals surface area contributed by atoms with Crippen LogP contribution in [0.1, 0.15) is 5.69 Å². The molecule has 0 atom stereocenters. The van der Waals surface area contributed by atoms with Gasteiger partial charge in [0.25, 0.3) is 0 Å². The molecule has 0 aliphatic heterocycles. The first kappa shape index (κ1) is 10.7. The average Bonchev–Trinajstić information content (AvgIpc) is 2.90. The summed E-state index contributed by atoms with van der Waals surface area (Å²) in [6.07, 6.45) is 3.78. The van der Waals surface area contributed by atoms with E-state index in [1.807, 2.05) is 49.6 Å². The van der Waals surface area contributed by atoms with Crippen molar-refractivity contribution < 1.29 is 0 Å². The van der Waals surface area contributed by atoms with E-state index in [9.17, 15) is 0 Å². The molecular formula is C14H12N4. The lowest BCUT2D eigenvalue weighted by Gasteiger charge is -1.98. The quantitative estimate of drug-likeness (QED) is 0.687.